The predicted octanol–water partition coefficient (Wildman–Crippen LogP) is 4.88. The normalized spacial score (nSPS) is 15.8. The minimum absolute atomic E-state index is 0.406. The zero-order chi connectivity index (χ0) is 13.4. The summed E-state index contributed by atoms with van der Waals surface area (Å²) in [5, 5.41) is 0.482. The first kappa shape index (κ1) is 17.0. The quantitative estimate of drug-likeness (QED) is 0.296. The molecule has 0 bridgehead atoms. The third-order valence-corrected chi connectivity index (χ3v) is 5.33. The third-order valence-electron chi connectivity index (χ3n) is 4.34. The van der Waals surface area contributed by atoms with Crippen molar-refractivity contribution in [3.8, 4) is 0 Å². The average Bonchev–Trinajstić information content (AvgIpc) is 2.27. The summed E-state index contributed by atoms with van der Waals surface area (Å²) in [4.78, 5) is 0. The lowest BCUT2D eigenvalue weighted by molar-refractivity contribution is 0.226. The monoisotopic (exact) mass is 254 g/mol. The molecule has 0 saturated heterocycles. The number of allylic oxidation sites excluding steroid dienone is 1. The Kier molecular flexibility index (Phi) is 8.11. The summed E-state index contributed by atoms with van der Waals surface area (Å²) in [5.74, 6) is 0. The number of hydrogen-bond acceptors (Lipinski definition) is 0. The summed E-state index contributed by atoms with van der Waals surface area (Å²) in [5.41, 5.74) is 0.406. The first-order valence-electron chi connectivity index (χ1n) is 7.57. The average molecular weight is 255 g/mol. The summed E-state index contributed by atoms with van der Waals surface area (Å²) in [6, 6.07) is 0. The van der Waals surface area contributed by atoms with Crippen LogP contribution in [0.2, 0.25) is 5.04 Å². The van der Waals surface area contributed by atoms with Gasteiger partial charge >= 0.3 is 0 Å². The number of unbranched alkanes of at least 4 members (excludes halogenated alkanes) is 4. The van der Waals surface area contributed by atoms with E-state index in [9.17, 15) is 0 Å². The second kappa shape index (κ2) is 8.13. The molecule has 0 aliphatic heterocycles. The Labute approximate surface area is 113 Å². The van der Waals surface area contributed by atoms with Crippen molar-refractivity contribution in [2.24, 2.45) is 5.41 Å². The molecule has 0 rings (SSSR count). The molecule has 1 atom stereocenters. The van der Waals surface area contributed by atoms with Gasteiger partial charge in [-0.2, -0.15) is 0 Å². The van der Waals surface area contributed by atoms with Crippen LogP contribution >= 0.6 is 0 Å². The molecule has 1 unspecified atom stereocenters. The van der Waals surface area contributed by atoms with E-state index in [1.807, 2.05) is 0 Å². The molecule has 0 aromatic rings. The first-order chi connectivity index (χ1) is 7.93. The number of hydrogen-bond donors (Lipinski definition) is 0. The van der Waals surface area contributed by atoms with E-state index in [0.717, 1.165) is 0 Å². The van der Waals surface area contributed by atoms with Crippen LogP contribution in [0.15, 0.2) is 12.7 Å². The van der Waals surface area contributed by atoms with E-state index in [-0.39, 0.29) is 0 Å². The fraction of sp³-hybridized carbons (Fsp3) is 0.875. The molecule has 0 spiro atoms. The van der Waals surface area contributed by atoms with E-state index < -0.39 is 0 Å². The lowest BCUT2D eigenvalue weighted by Crippen LogP contribution is -2.31. The summed E-state index contributed by atoms with van der Waals surface area (Å²) in [6.07, 6.45) is 13.2. The molecule has 102 valence electrons. The molecule has 0 aromatic heterocycles. The molecular weight excluding hydrogens is 220 g/mol. The Bertz CT molecular complexity index is 202. The highest BCUT2D eigenvalue weighted by atomic mass is 28.1. The molecule has 0 radical (unpaired) electrons. The van der Waals surface area contributed by atoms with E-state index in [4.69, 9.17) is 0 Å². The molecular formula is C16H34Si. The Morgan fingerprint density at radius 3 is 1.88 bits per heavy atom. The first-order valence-corrected chi connectivity index (χ1v) is 8.57. The third kappa shape index (κ3) is 5.42. The van der Waals surface area contributed by atoms with Crippen LogP contribution in [0.25, 0.3) is 0 Å². The van der Waals surface area contributed by atoms with Crippen molar-refractivity contribution in [1.82, 2.24) is 0 Å². The fourth-order valence-electron chi connectivity index (χ4n) is 2.74. The van der Waals surface area contributed by atoms with Crippen LogP contribution in [0.3, 0.4) is 0 Å². The van der Waals surface area contributed by atoms with Crippen molar-refractivity contribution < 1.29 is 0 Å². The second-order valence-corrected chi connectivity index (χ2v) is 9.02. The molecule has 0 aromatic carbocycles. The van der Waals surface area contributed by atoms with Crippen LogP contribution in [-0.2, 0) is 0 Å². The van der Waals surface area contributed by atoms with Crippen molar-refractivity contribution in [3.05, 3.63) is 12.7 Å². The number of rotatable bonds is 10. The van der Waals surface area contributed by atoms with Crippen molar-refractivity contribution in [2.75, 3.05) is 0 Å². The van der Waals surface area contributed by atoms with Gasteiger partial charge in [0.25, 0.3) is 0 Å². The molecule has 0 amide bonds. The molecule has 0 aliphatic rings. The molecule has 0 saturated carbocycles. The molecule has 0 N–H and O–H groups in total. The van der Waals surface area contributed by atoms with Gasteiger partial charge in [0.1, 0.15) is 0 Å². The maximum absolute atomic E-state index is 4.17. The molecule has 0 aliphatic carbocycles. The van der Waals surface area contributed by atoms with E-state index >= 15 is 0 Å². The highest BCUT2D eigenvalue weighted by Crippen LogP contribution is 2.51. The zero-order valence-corrected chi connectivity index (χ0v) is 14.9. The Hall–Kier alpha value is -0.0431. The Morgan fingerprint density at radius 1 is 0.941 bits per heavy atom. The van der Waals surface area contributed by atoms with Crippen LogP contribution in [0.4, 0.5) is 0 Å². The van der Waals surface area contributed by atoms with Crippen LogP contribution in [-0.4, -0.2) is 10.2 Å². The largest absolute Gasteiger partial charge is 0.103 e. The summed E-state index contributed by atoms with van der Waals surface area (Å²) in [6.45, 7) is 13.6. The minimum Gasteiger partial charge on any atom is -0.103 e. The Morgan fingerprint density at radius 2 is 1.47 bits per heavy atom. The lowest BCUT2D eigenvalue weighted by Gasteiger charge is -2.43. The second-order valence-electron chi connectivity index (χ2n) is 6.52. The van der Waals surface area contributed by atoms with Gasteiger partial charge in [0.05, 0.1) is 0 Å². The lowest BCUT2D eigenvalue weighted by atomic mass is 9.69. The van der Waals surface area contributed by atoms with Crippen LogP contribution < -0.4 is 0 Å². The van der Waals surface area contributed by atoms with Crippen molar-refractivity contribution in [2.45, 2.75) is 84.1 Å². The summed E-state index contributed by atoms with van der Waals surface area (Å²) >= 11 is 0. The Balaban J connectivity index is 4.52. The van der Waals surface area contributed by atoms with Gasteiger partial charge in [-0.3, -0.25) is 0 Å². The van der Waals surface area contributed by atoms with E-state index in [2.05, 4.69) is 40.3 Å². The van der Waals surface area contributed by atoms with Gasteiger partial charge in [0.15, 0.2) is 0 Å². The molecule has 1 heteroatoms. The summed E-state index contributed by atoms with van der Waals surface area (Å²) in [7, 11) is 1.26. The minimum atomic E-state index is 0.406. The SMILES string of the molecule is C=CC(CCCC)(CCCCCC)C(C)(C)[SiH3]. The summed E-state index contributed by atoms with van der Waals surface area (Å²) < 4.78 is 0. The highest BCUT2D eigenvalue weighted by molar-refractivity contribution is 6.15. The van der Waals surface area contributed by atoms with Gasteiger partial charge in [0, 0.05) is 10.2 Å². The molecule has 0 heterocycles. The van der Waals surface area contributed by atoms with Gasteiger partial charge in [-0.1, -0.05) is 72.3 Å². The molecule has 0 fully saturated rings. The molecule has 17 heavy (non-hydrogen) atoms. The van der Waals surface area contributed by atoms with E-state index in [1.54, 1.807) is 0 Å². The van der Waals surface area contributed by atoms with Crippen LogP contribution in [0.1, 0.15) is 79.1 Å². The van der Waals surface area contributed by atoms with Gasteiger partial charge in [-0.05, 0) is 23.3 Å². The van der Waals surface area contributed by atoms with Crippen LogP contribution in [0, 0.1) is 5.41 Å². The maximum atomic E-state index is 4.17. The molecule has 0 nitrogen and oxygen atoms in total. The van der Waals surface area contributed by atoms with Crippen molar-refractivity contribution in [3.63, 3.8) is 0 Å². The zero-order valence-electron chi connectivity index (χ0n) is 12.9. The van der Waals surface area contributed by atoms with Gasteiger partial charge in [0.2, 0.25) is 0 Å². The fourth-order valence-corrected chi connectivity index (χ4v) is 3.45. The van der Waals surface area contributed by atoms with Gasteiger partial charge in [-0.15, -0.1) is 6.58 Å². The topological polar surface area (TPSA) is 0 Å². The maximum Gasteiger partial charge on any atom is 0.0110 e. The van der Waals surface area contributed by atoms with E-state index in [1.165, 1.54) is 61.6 Å². The van der Waals surface area contributed by atoms with Crippen LogP contribution in [0.5, 0.6) is 0 Å². The standard InChI is InChI=1S/C16H34Si/c1-6-9-11-12-14-16(8-3,13-10-7-2)15(4,5)17/h8H,3,6-7,9-14H2,1-2,4-5,17H3. The van der Waals surface area contributed by atoms with Gasteiger partial charge < -0.3 is 0 Å². The van der Waals surface area contributed by atoms with Crippen molar-refractivity contribution >= 4 is 10.2 Å². The van der Waals surface area contributed by atoms with Gasteiger partial charge in [-0.25, -0.2) is 0 Å². The van der Waals surface area contributed by atoms with E-state index in [0.29, 0.717) is 10.5 Å². The van der Waals surface area contributed by atoms with Crippen molar-refractivity contribution in [1.29, 1.82) is 0 Å². The predicted molar refractivity (Wildman–Crippen MR) is 84.9 cm³/mol. The highest BCUT2D eigenvalue weighted by Gasteiger charge is 2.37. The smallest absolute Gasteiger partial charge is 0.0110 e.